The summed E-state index contributed by atoms with van der Waals surface area (Å²) in [7, 11) is 0. The van der Waals surface area contributed by atoms with Gasteiger partial charge in [0.2, 0.25) is 0 Å². The predicted octanol–water partition coefficient (Wildman–Crippen LogP) is 6.05. The molecule has 0 saturated carbocycles. The molecule has 31 heavy (non-hydrogen) atoms. The van der Waals surface area contributed by atoms with Gasteiger partial charge >= 0.3 is 0 Å². The average molecular weight is 419 g/mol. The van der Waals surface area contributed by atoms with E-state index in [0.29, 0.717) is 19.0 Å². The highest BCUT2D eigenvalue weighted by molar-refractivity contribution is 5.77. The Bertz CT molecular complexity index is 995. The van der Waals surface area contributed by atoms with E-state index >= 15 is 0 Å². The lowest BCUT2D eigenvalue weighted by Crippen LogP contribution is -2.08. The smallest absolute Gasteiger partial charge is 0.167 e. The Labute approximate surface area is 184 Å². The number of carbonyl (C=O) groups is 1. The minimum atomic E-state index is -0.0234. The summed E-state index contributed by atoms with van der Waals surface area (Å²) >= 11 is 0. The molecule has 0 bridgehead atoms. The molecular weight excluding hydrogens is 388 g/mol. The quantitative estimate of drug-likeness (QED) is 0.425. The van der Waals surface area contributed by atoms with E-state index in [2.05, 4.69) is 39.8 Å². The van der Waals surface area contributed by atoms with Crippen LogP contribution in [0.25, 0.3) is 0 Å². The van der Waals surface area contributed by atoms with E-state index in [1.165, 1.54) is 29.2 Å². The Balaban J connectivity index is 1.75. The molecule has 4 heteroatoms. The van der Waals surface area contributed by atoms with Crippen molar-refractivity contribution in [1.29, 1.82) is 0 Å². The second-order valence-electron chi connectivity index (χ2n) is 8.05. The molecule has 0 aromatic heterocycles. The standard InChI is InChI=1S/C27H30O4/c1-18-6-8-25(10-20(18)3)30-16-23-12-24(14-27(13-23)29-15-22(5)28)17-31-26-9-7-19(2)21(4)11-26/h6-14H,15-17H2,1-5H3. The molecule has 162 valence electrons. The first-order chi connectivity index (χ1) is 14.8. The van der Waals surface area contributed by atoms with E-state index in [9.17, 15) is 4.79 Å². The normalized spacial score (nSPS) is 10.6. The van der Waals surface area contributed by atoms with Crippen LogP contribution in [0, 0.1) is 27.7 Å². The van der Waals surface area contributed by atoms with Crippen molar-refractivity contribution in [2.75, 3.05) is 6.61 Å². The summed E-state index contributed by atoms with van der Waals surface area (Å²) in [5, 5.41) is 0. The Morgan fingerprint density at radius 2 is 1.10 bits per heavy atom. The Hall–Kier alpha value is -3.27. The van der Waals surface area contributed by atoms with E-state index in [4.69, 9.17) is 14.2 Å². The van der Waals surface area contributed by atoms with Crippen molar-refractivity contribution in [2.24, 2.45) is 0 Å². The Kier molecular flexibility index (Phi) is 7.35. The van der Waals surface area contributed by atoms with Crippen LogP contribution in [0.4, 0.5) is 0 Å². The first-order valence-electron chi connectivity index (χ1n) is 10.5. The minimum Gasteiger partial charge on any atom is -0.489 e. The zero-order valence-corrected chi connectivity index (χ0v) is 19.0. The number of Topliss-reactive ketones (excluding diaryl/α,β-unsaturated/α-hetero) is 1. The fraction of sp³-hybridized carbons (Fsp3) is 0.296. The predicted molar refractivity (Wildman–Crippen MR) is 123 cm³/mol. The number of ketones is 1. The van der Waals surface area contributed by atoms with Crippen LogP contribution in [0.1, 0.15) is 40.3 Å². The fourth-order valence-corrected chi connectivity index (χ4v) is 3.10. The third-order valence-corrected chi connectivity index (χ3v) is 5.24. The number of hydrogen-bond donors (Lipinski definition) is 0. The molecule has 0 N–H and O–H groups in total. The topological polar surface area (TPSA) is 44.8 Å². The summed E-state index contributed by atoms with van der Waals surface area (Å²) in [6.45, 7) is 10.6. The van der Waals surface area contributed by atoms with Gasteiger partial charge in [0.15, 0.2) is 5.78 Å². The lowest BCUT2D eigenvalue weighted by Gasteiger charge is -2.14. The SMILES string of the molecule is CC(=O)COc1cc(COc2ccc(C)c(C)c2)cc(COc2ccc(C)c(C)c2)c1. The minimum absolute atomic E-state index is 0.0234. The molecule has 0 atom stereocenters. The van der Waals surface area contributed by atoms with Crippen LogP contribution < -0.4 is 14.2 Å². The van der Waals surface area contributed by atoms with Crippen LogP contribution in [-0.2, 0) is 18.0 Å². The molecule has 4 nitrogen and oxygen atoms in total. The molecule has 3 rings (SSSR count). The highest BCUT2D eigenvalue weighted by atomic mass is 16.5. The molecule has 0 aliphatic rings. The van der Waals surface area contributed by atoms with Gasteiger partial charge in [-0.3, -0.25) is 4.79 Å². The molecule has 0 unspecified atom stereocenters. The summed E-state index contributed by atoms with van der Waals surface area (Å²) in [4.78, 5) is 11.4. The zero-order valence-electron chi connectivity index (χ0n) is 19.0. The summed E-state index contributed by atoms with van der Waals surface area (Å²) in [5.74, 6) is 2.26. The highest BCUT2D eigenvalue weighted by Crippen LogP contribution is 2.23. The fourth-order valence-electron chi connectivity index (χ4n) is 3.10. The molecule has 0 radical (unpaired) electrons. The van der Waals surface area contributed by atoms with E-state index in [1.807, 2.05) is 42.5 Å². The highest BCUT2D eigenvalue weighted by Gasteiger charge is 2.07. The van der Waals surface area contributed by atoms with Gasteiger partial charge in [0.1, 0.15) is 37.1 Å². The number of rotatable bonds is 9. The molecule has 3 aromatic carbocycles. The van der Waals surface area contributed by atoms with E-state index in [-0.39, 0.29) is 12.4 Å². The molecular formula is C27H30O4. The van der Waals surface area contributed by atoms with Crippen molar-refractivity contribution >= 4 is 5.78 Å². The van der Waals surface area contributed by atoms with Crippen molar-refractivity contribution in [3.63, 3.8) is 0 Å². The molecule has 0 heterocycles. The maximum Gasteiger partial charge on any atom is 0.167 e. The second kappa shape index (κ2) is 10.2. The van der Waals surface area contributed by atoms with Gasteiger partial charge < -0.3 is 14.2 Å². The Morgan fingerprint density at radius 1 is 0.613 bits per heavy atom. The maximum absolute atomic E-state index is 11.4. The molecule has 0 fully saturated rings. The first-order valence-corrected chi connectivity index (χ1v) is 10.5. The van der Waals surface area contributed by atoms with Crippen molar-refractivity contribution < 1.29 is 19.0 Å². The van der Waals surface area contributed by atoms with E-state index in [0.717, 1.165) is 22.6 Å². The van der Waals surface area contributed by atoms with Crippen molar-refractivity contribution in [1.82, 2.24) is 0 Å². The van der Waals surface area contributed by atoms with E-state index in [1.54, 1.807) is 0 Å². The number of benzene rings is 3. The van der Waals surface area contributed by atoms with Gasteiger partial charge in [0, 0.05) is 0 Å². The zero-order chi connectivity index (χ0) is 22.4. The van der Waals surface area contributed by atoms with Crippen molar-refractivity contribution in [3.8, 4) is 17.2 Å². The third kappa shape index (κ3) is 6.61. The van der Waals surface area contributed by atoms with Gasteiger partial charge in [-0.2, -0.15) is 0 Å². The van der Waals surface area contributed by atoms with Gasteiger partial charge in [-0.15, -0.1) is 0 Å². The van der Waals surface area contributed by atoms with Gasteiger partial charge in [0.05, 0.1) is 0 Å². The van der Waals surface area contributed by atoms with Gasteiger partial charge in [-0.25, -0.2) is 0 Å². The summed E-state index contributed by atoms with van der Waals surface area (Å²) in [5.41, 5.74) is 6.77. The van der Waals surface area contributed by atoms with Crippen LogP contribution in [0.5, 0.6) is 17.2 Å². The maximum atomic E-state index is 11.4. The lowest BCUT2D eigenvalue weighted by atomic mass is 10.1. The summed E-state index contributed by atoms with van der Waals surface area (Å²) < 4.78 is 17.6. The average Bonchev–Trinajstić information content (AvgIpc) is 2.74. The number of aryl methyl sites for hydroxylation is 4. The van der Waals surface area contributed by atoms with Crippen LogP contribution >= 0.6 is 0 Å². The molecule has 0 spiro atoms. The largest absolute Gasteiger partial charge is 0.489 e. The third-order valence-electron chi connectivity index (χ3n) is 5.24. The molecule has 0 aliphatic carbocycles. The summed E-state index contributed by atoms with van der Waals surface area (Å²) in [6.07, 6.45) is 0. The number of ether oxygens (including phenoxy) is 3. The van der Waals surface area contributed by atoms with Crippen LogP contribution in [0.3, 0.4) is 0 Å². The molecule has 3 aromatic rings. The monoisotopic (exact) mass is 418 g/mol. The van der Waals surface area contributed by atoms with Gasteiger partial charge in [0.25, 0.3) is 0 Å². The van der Waals surface area contributed by atoms with Crippen LogP contribution in [0.15, 0.2) is 54.6 Å². The second-order valence-corrected chi connectivity index (χ2v) is 8.05. The van der Waals surface area contributed by atoms with Crippen LogP contribution in [0.2, 0.25) is 0 Å². The Morgan fingerprint density at radius 3 is 1.52 bits per heavy atom. The molecule has 0 amide bonds. The number of hydrogen-bond acceptors (Lipinski definition) is 4. The summed E-state index contributed by atoms with van der Waals surface area (Å²) in [6, 6.07) is 18.0. The molecule has 0 aliphatic heterocycles. The first kappa shape index (κ1) is 22.4. The van der Waals surface area contributed by atoms with Gasteiger partial charge in [-0.1, -0.05) is 12.1 Å². The lowest BCUT2D eigenvalue weighted by molar-refractivity contribution is -0.118. The van der Waals surface area contributed by atoms with Crippen molar-refractivity contribution in [3.05, 3.63) is 88.0 Å². The van der Waals surface area contributed by atoms with E-state index < -0.39 is 0 Å². The van der Waals surface area contributed by atoms with Crippen LogP contribution in [-0.4, -0.2) is 12.4 Å². The van der Waals surface area contributed by atoms with Gasteiger partial charge in [-0.05, 0) is 110 Å². The molecule has 0 saturated heterocycles. The van der Waals surface area contributed by atoms with Crippen molar-refractivity contribution in [2.45, 2.75) is 47.8 Å². The number of carbonyl (C=O) groups excluding carboxylic acids is 1.